The molecule has 2 aromatic rings. The van der Waals surface area contributed by atoms with E-state index in [1.165, 1.54) is 17.0 Å². The third-order valence-corrected chi connectivity index (χ3v) is 4.92. The number of likely N-dealkylation sites (N-methyl/N-ethyl adjacent to an activating group) is 1. The van der Waals surface area contributed by atoms with Crippen LogP contribution in [0.15, 0.2) is 42.5 Å². The molecule has 0 saturated heterocycles. The Labute approximate surface area is 160 Å². The molecule has 7 heteroatoms. The van der Waals surface area contributed by atoms with Crippen LogP contribution in [0, 0.1) is 0 Å². The Balaban J connectivity index is 2.18. The summed E-state index contributed by atoms with van der Waals surface area (Å²) in [5.74, 6) is -0.473. The third-order valence-electron chi connectivity index (χ3n) is 4.19. The quantitative estimate of drug-likeness (QED) is 0.575. The Morgan fingerprint density at radius 1 is 1.12 bits per heavy atom. The minimum atomic E-state index is -4.49. The lowest BCUT2D eigenvalue weighted by molar-refractivity contribution is -0.137. The number of carbonyl (C=O) groups excluding carboxylic acids is 1. The van der Waals surface area contributed by atoms with E-state index in [2.05, 4.69) is 0 Å². The van der Waals surface area contributed by atoms with Crippen LogP contribution in [0.1, 0.15) is 40.7 Å². The molecule has 140 valence electrons. The van der Waals surface area contributed by atoms with Crippen LogP contribution in [0.3, 0.4) is 0 Å². The normalized spacial score (nSPS) is 12.7. The van der Waals surface area contributed by atoms with Crippen LogP contribution in [-0.2, 0) is 6.18 Å². The second-order valence-corrected chi connectivity index (χ2v) is 6.86. The number of hydrogen-bond donors (Lipinski definition) is 0. The number of hydrogen-bond acceptors (Lipinski definition) is 1. The highest BCUT2D eigenvalue weighted by atomic mass is 35.5. The molecule has 2 aromatic carbocycles. The second-order valence-electron chi connectivity index (χ2n) is 6.04. The molecule has 0 saturated carbocycles. The molecule has 0 aromatic heterocycles. The van der Waals surface area contributed by atoms with Gasteiger partial charge < -0.3 is 4.90 Å². The maximum absolute atomic E-state index is 12.8. The summed E-state index contributed by atoms with van der Waals surface area (Å²) in [6, 6.07) is 9.72. The second kappa shape index (κ2) is 8.31. The van der Waals surface area contributed by atoms with Gasteiger partial charge in [0, 0.05) is 25.1 Å². The predicted molar refractivity (Wildman–Crippen MR) is 97.9 cm³/mol. The van der Waals surface area contributed by atoms with Gasteiger partial charge in [0.2, 0.25) is 0 Å². The topological polar surface area (TPSA) is 20.3 Å². The molecule has 1 unspecified atom stereocenters. The lowest BCUT2D eigenvalue weighted by Crippen LogP contribution is -2.31. The summed E-state index contributed by atoms with van der Waals surface area (Å²) in [7, 11) is 1.57. The predicted octanol–water partition coefficient (Wildman–Crippen LogP) is 6.28. The number of amides is 1. The van der Waals surface area contributed by atoms with E-state index in [0.29, 0.717) is 16.6 Å². The number of alkyl halides is 3. The van der Waals surface area contributed by atoms with Gasteiger partial charge >= 0.3 is 6.18 Å². The number of nitrogens with zero attached hydrogens (tertiary/aromatic N) is 1. The van der Waals surface area contributed by atoms with Crippen molar-refractivity contribution in [3.05, 3.63) is 69.2 Å². The zero-order valence-electron chi connectivity index (χ0n) is 14.3. The largest absolute Gasteiger partial charge is 0.416 e. The van der Waals surface area contributed by atoms with Crippen molar-refractivity contribution < 1.29 is 18.0 Å². The summed E-state index contributed by atoms with van der Waals surface area (Å²) in [5.41, 5.74) is 0.0881. The lowest BCUT2D eigenvalue weighted by atomic mass is 9.95. The Hall–Kier alpha value is -1.72. The molecule has 1 amide bonds. The highest BCUT2D eigenvalue weighted by Crippen LogP contribution is 2.31. The zero-order valence-corrected chi connectivity index (χ0v) is 15.8. The Morgan fingerprint density at radius 2 is 1.81 bits per heavy atom. The summed E-state index contributed by atoms with van der Waals surface area (Å²) in [6.07, 6.45) is -3.75. The van der Waals surface area contributed by atoms with Crippen LogP contribution >= 0.6 is 23.2 Å². The molecule has 0 radical (unpaired) electrons. The molecule has 0 aliphatic carbocycles. The van der Waals surface area contributed by atoms with Gasteiger partial charge in [-0.3, -0.25) is 4.79 Å². The van der Waals surface area contributed by atoms with Crippen molar-refractivity contribution in [3.63, 3.8) is 0 Å². The molecule has 2 rings (SSSR count). The van der Waals surface area contributed by atoms with E-state index in [9.17, 15) is 18.0 Å². The Morgan fingerprint density at radius 3 is 2.38 bits per heavy atom. The van der Waals surface area contributed by atoms with E-state index >= 15 is 0 Å². The van der Waals surface area contributed by atoms with Crippen molar-refractivity contribution in [3.8, 4) is 0 Å². The van der Waals surface area contributed by atoms with Gasteiger partial charge in [-0.2, -0.15) is 13.2 Å². The van der Waals surface area contributed by atoms with E-state index in [1.807, 2.05) is 13.0 Å². The van der Waals surface area contributed by atoms with Gasteiger partial charge in [-0.15, -0.1) is 0 Å². The summed E-state index contributed by atoms with van der Waals surface area (Å²) in [4.78, 5) is 14.0. The number of benzene rings is 2. The SMILES string of the molecule is CCC(CN(C)C(=O)c1cccc(C(F)(F)F)c1)c1ccc(Cl)c(Cl)c1. The van der Waals surface area contributed by atoms with Crippen molar-refractivity contribution >= 4 is 29.1 Å². The molecule has 0 aliphatic heterocycles. The highest BCUT2D eigenvalue weighted by molar-refractivity contribution is 6.42. The van der Waals surface area contributed by atoms with Crippen molar-refractivity contribution in [2.75, 3.05) is 13.6 Å². The average Bonchev–Trinajstić information content (AvgIpc) is 2.60. The van der Waals surface area contributed by atoms with Crippen molar-refractivity contribution in [2.45, 2.75) is 25.4 Å². The van der Waals surface area contributed by atoms with Gasteiger partial charge in [-0.25, -0.2) is 0 Å². The first-order chi connectivity index (χ1) is 12.1. The molecular weight excluding hydrogens is 386 g/mol. The molecule has 2 nitrogen and oxygen atoms in total. The Kier molecular flexibility index (Phi) is 6.58. The molecular formula is C19H18Cl2F3NO. The summed E-state index contributed by atoms with van der Waals surface area (Å²) in [6.45, 7) is 2.32. The minimum absolute atomic E-state index is 0.00585. The van der Waals surface area contributed by atoms with E-state index in [-0.39, 0.29) is 11.5 Å². The van der Waals surface area contributed by atoms with Crippen molar-refractivity contribution in [1.29, 1.82) is 0 Å². The first-order valence-corrected chi connectivity index (χ1v) is 8.76. The Bertz CT molecular complexity index is 793. The molecule has 0 fully saturated rings. The molecule has 1 atom stereocenters. The van der Waals surface area contributed by atoms with Gasteiger partial charge in [-0.05, 0) is 42.3 Å². The van der Waals surface area contributed by atoms with Gasteiger partial charge in [0.05, 0.1) is 15.6 Å². The summed E-state index contributed by atoms with van der Waals surface area (Å²) < 4.78 is 38.5. The summed E-state index contributed by atoms with van der Waals surface area (Å²) >= 11 is 12.0. The molecule has 26 heavy (non-hydrogen) atoms. The first-order valence-electron chi connectivity index (χ1n) is 8.01. The fourth-order valence-electron chi connectivity index (χ4n) is 2.70. The number of halogens is 5. The number of rotatable bonds is 5. The van der Waals surface area contributed by atoms with Crippen LogP contribution in [-0.4, -0.2) is 24.4 Å². The van der Waals surface area contributed by atoms with E-state index in [1.54, 1.807) is 19.2 Å². The van der Waals surface area contributed by atoms with Crippen LogP contribution in [0.5, 0.6) is 0 Å². The molecule has 0 bridgehead atoms. The smallest absolute Gasteiger partial charge is 0.341 e. The minimum Gasteiger partial charge on any atom is -0.341 e. The maximum Gasteiger partial charge on any atom is 0.416 e. The fourth-order valence-corrected chi connectivity index (χ4v) is 3.01. The van der Waals surface area contributed by atoms with E-state index < -0.39 is 17.6 Å². The summed E-state index contributed by atoms with van der Waals surface area (Å²) in [5, 5.41) is 0.869. The van der Waals surface area contributed by atoms with E-state index in [4.69, 9.17) is 23.2 Å². The standard InChI is InChI=1S/C19H18Cl2F3NO/c1-3-12(13-7-8-16(20)17(21)10-13)11-25(2)18(26)14-5-4-6-15(9-14)19(22,23)24/h4-10,12H,3,11H2,1-2H3. The van der Waals surface area contributed by atoms with Gasteiger partial charge in [0.25, 0.3) is 5.91 Å². The number of carbonyl (C=O) groups is 1. The zero-order chi connectivity index (χ0) is 19.5. The van der Waals surface area contributed by atoms with Crippen LogP contribution < -0.4 is 0 Å². The molecule has 0 spiro atoms. The average molecular weight is 404 g/mol. The maximum atomic E-state index is 12.8. The third kappa shape index (κ3) is 4.92. The molecule has 0 aliphatic rings. The first kappa shape index (κ1) is 20.6. The van der Waals surface area contributed by atoms with Crippen molar-refractivity contribution in [1.82, 2.24) is 4.90 Å². The van der Waals surface area contributed by atoms with Crippen LogP contribution in [0.4, 0.5) is 13.2 Å². The van der Waals surface area contributed by atoms with Crippen LogP contribution in [0.2, 0.25) is 10.0 Å². The monoisotopic (exact) mass is 403 g/mol. The lowest BCUT2D eigenvalue weighted by Gasteiger charge is -2.24. The van der Waals surface area contributed by atoms with Crippen molar-refractivity contribution in [2.24, 2.45) is 0 Å². The van der Waals surface area contributed by atoms with E-state index in [0.717, 1.165) is 24.1 Å². The van der Waals surface area contributed by atoms with Gasteiger partial charge in [-0.1, -0.05) is 42.3 Å². The molecule has 0 heterocycles. The van der Waals surface area contributed by atoms with Gasteiger partial charge in [0.1, 0.15) is 0 Å². The highest BCUT2D eigenvalue weighted by Gasteiger charge is 2.31. The van der Waals surface area contributed by atoms with Crippen LogP contribution in [0.25, 0.3) is 0 Å². The molecule has 0 N–H and O–H groups in total. The van der Waals surface area contributed by atoms with Gasteiger partial charge in [0.15, 0.2) is 0 Å². The fraction of sp³-hybridized carbons (Fsp3) is 0.316.